The quantitative estimate of drug-likeness (QED) is 0.848. The second kappa shape index (κ2) is 5.92. The summed E-state index contributed by atoms with van der Waals surface area (Å²) in [5, 5.41) is 0. The van der Waals surface area contributed by atoms with Gasteiger partial charge in [0.15, 0.2) is 5.79 Å². The zero-order chi connectivity index (χ0) is 13.1. The molecule has 0 bridgehead atoms. The van der Waals surface area contributed by atoms with Crippen LogP contribution in [0.15, 0.2) is 28.7 Å². The monoisotopic (exact) mass is 326 g/mol. The molecule has 1 aliphatic carbocycles. The zero-order valence-corrected chi connectivity index (χ0v) is 12.5. The lowest BCUT2D eigenvalue weighted by Crippen LogP contribution is -2.37. The molecule has 3 rings (SSSR count). The highest BCUT2D eigenvalue weighted by molar-refractivity contribution is 9.10. The Morgan fingerprint density at radius 2 is 1.95 bits per heavy atom. The Labute approximate surface area is 122 Å². The number of hydrogen-bond donors (Lipinski definition) is 0. The molecular formula is C15H19BrO3. The minimum absolute atomic E-state index is 0.282. The molecule has 1 aliphatic heterocycles. The summed E-state index contributed by atoms with van der Waals surface area (Å²) in [7, 11) is 0. The fourth-order valence-electron chi connectivity index (χ4n) is 2.82. The van der Waals surface area contributed by atoms with Crippen molar-refractivity contribution in [2.75, 3.05) is 13.2 Å². The highest BCUT2D eigenvalue weighted by Crippen LogP contribution is 2.36. The van der Waals surface area contributed by atoms with Crippen LogP contribution >= 0.6 is 15.9 Å². The summed E-state index contributed by atoms with van der Waals surface area (Å²) in [5.41, 5.74) is 1.21. The third kappa shape index (κ3) is 3.37. The number of rotatable bonds is 3. The van der Waals surface area contributed by atoms with Crippen LogP contribution in [0.3, 0.4) is 0 Å². The lowest BCUT2D eigenvalue weighted by atomic mass is 9.92. The van der Waals surface area contributed by atoms with E-state index in [1.807, 2.05) is 12.1 Å². The summed E-state index contributed by atoms with van der Waals surface area (Å²) in [4.78, 5) is 0. The SMILES string of the molecule is Brc1cccc(COC2CCC3(CC2)OCCO3)c1. The minimum atomic E-state index is -0.282. The van der Waals surface area contributed by atoms with Crippen LogP contribution in [-0.2, 0) is 20.8 Å². The zero-order valence-electron chi connectivity index (χ0n) is 10.9. The average Bonchev–Trinajstić information content (AvgIpc) is 2.87. The molecule has 1 heterocycles. The third-order valence-corrected chi connectivity index (χ3v) is 4.38. The van der Waals surface area contributed by atoms with Gasteiger partial charge in [-0.2, -0.15) is 0 Å². The molecule has 1 aromatic rings. The van der Waals surface area contributed by atoms with Crippen LogP contribution in [0.2, 0.25) is 0 Å². The van der Waals surface area contributed by atoms with Gasteiger partial charge in [-0.25, -0.2) is 0 Å². The fourth-order valence-corrected chi connectivity index (χ4v) is 3.27. The molecule has 3 nitrogen and oxygen atoms in total. The molecule has 1 aromatic carbocycles. The topological polar surface area (TPSA) is 27.7 Å². The van der Waals surface area contributed by atoms with Crippen LogP contribution in [0.5, 0.6) is 0 Å². The highest BCUT2D eigenvalue weighted by atomic mass is 79.9. The molecule has 0 N–H and O–H groups in total. The van der Waals surface area contributed by atoms with Crippen molar-refractivity contribution < 1.29 is 14.2 Å². The molecular weight excluding hydrogens is 308 g/mol. The predicted molar refractivity (Wildman–Crippen MR) is 75.8 cm³/mol. The van der Waals surface area contributed by atoms with E-state index in [1.165, 1.54) is 5.56 Å². The summed E-state index contributed by atoms with van der Waals surface area (Å²) >= 11 is 3.48. The van der Waals surface area contributed by atoms with Gasteiger partial charge in [-0.15, -0.1) is 0 Å². The highest BCUT2D eigenvalue weighted by Gasteiger charge is 2.40. The van der Waals surface area contributed by atoms with Gasteiger partial charge in [0.1, 0.15) is 0 Å². The first kappa shape index (κ1) is 13.6. The molecule has 104 valence electrons. The molecule has 0 atom stereocenters. The molecule has 2 fully saturated rings. The number of halogens is 1. The van der Waals surface area contributed by atoms with Crippen LogP contribution < -0.4 is 0 Å². The molecule has 0 unspecified atom stereocenters. The van der Waals surface area contributed by atoms with Crippen molar-refractivity contribution in [3.8, 4) is 0 Å². The van der Waals surface area contributed by atoms with Crippen LogP contribution in [-0.4, -0.2) is 25.1 Å². The van der Waals surface area contributed by atoms with E-state index in [9.17, 15) is 0 Å². The molecule has 4 heteroatoms. The van der Waals surface area contributed by atoms with Crippen molar-refractivity contribution in [1.29, 1.82) is 0 Å². The van der Waals surface area contributed by atoms with E-state index in [0.29, 0.717) is 12.7 Å². The van der Waals surface area contributed by atoms with E-state index in [2.05, 4.69) is 28.1 Å². The van der Waals surface area contributed by atoms with Crippen LogP contribution in [0, 0.1) is 0 Å². The van der Waals surface area contributed by atoms with Gasteiger partial charge in [-0.3, -0.25) is 0 Å². The number of benzene rings is 1. The second-order valence-electron chi connectivity index (χ2n) is 5.25. The molecule has 0 aromatic heterocycles. The standard InChI is InChI=1S/C15H19BrO3/c16-13-3-1-2-12(10-13)11-17-14-4-6-15(7-5-14)18-8-9-19-15/h1-3,10,14H,4-9,11H2. The Morgan fingerprint density at radius 1 is 1.21 bits per heavy atom. The van der Waals surface area contributed by atoms with Crippen LogP contribution in [0.4, 0.5) is 0 Å². The third-order valence-electron chi connectivity index (χ3n) is 3.88. The molecule has 1 spiro atoms. The van der Waals surface area contributed by atoms with Gasteiger partial charge in [0.25, 0.3) is 0 Å². The van der Waals surface area contributed by atoms with Gasteiger partial charge in [-0.05, 0) is 30.5 Å². The van der Waals surface area contributed by atoms with Crippen molar-refractivity contribution in [3.05, 3.63) is 34.3 Å². The lowest BCUT2D eigenvalue weighted by molar-refractivity contribution is -0.192. The summed E-state index contributed by atoms with van der Waals surface area (Å²) < 4.78 is 18.5. The summed E-state index contributed by atoms with van der Waals surface area (Å²) in [6, 6.07) is 8.27. The van der Waals surface area contributed by atoms with Crippen molar-refractivity contribution in [1.82, 2.24) is 0 Å². The molecule has 19 heavy (non-hydrogen) atoms. The Balaban J connectivity index is 1.47. The van der Waals surface area contributed by atoms with Crippen LogP contribution in [0.25, 0.3) is 0 Å². The Bertz CT molecular complexity index is 419. The van der Waals surface area contributed by atoms with Crippen LogP contribution in [0.1, 0.15) is 31.2 Å². The fraction of sp³-hybridized carbons (Fsp3) is 0.600. The maximum Gasteiger partial charge on any atom is 0.168 e. The maximum atomic E-state index is 5.99. The van der Waals surface area contributed by atoms with E-state index in [1.54, 1.807) is 0 Å². The van der Waals surface area contributed by atoms with E-state index in [-0.39, 0.29) is 5.79 Å². The van der Waals surface area contributed by atoms with Crippen molar-refractivity contribution >= 4 is 15.9 Å². The molecule has 1 saturated carbocycles. The van der Waals surface area contributed by atoms with Gasteiger partial charge < -0.3 is 14.2 Å². The molecule has 0 radical (unpaired) electrons. The van der Waals surface area contributed by atoms with E-state index in [4.69, 9.17) is 14.2 Å². The molecule has 2 aliphatic rings. The Kier molecular flexibility index (Phi) is 4.22. The van der Waals surface area contributed by atoms with Gasteiger partial charge in [0.05, 0.1) is 25.9 Å². The van der Waals surface area contributed by atoms with E-state index >= 15 is 0 Å². The number of ether oxygens (including phenoxy) is 3. The van der Waals surface area contributed by atoms with Gasteiger partial charge in [0.2, 0.25) is 0 Å². The maximum absolute atomic E-state index is 5.99. The predicted octanol–water partition coefficient (Wildman–Crippen LogP) is 3.65. The lowest BCUT2D eigenvalue weighted by Gasteiger charge is -2.35. The van der Waals surface area contributed by atoms with Crippen molar-refractivity contribution in [2.45, 2.75) is 44.2 Å². The summed E-state index contributed by atoms with van der Waals surface area (Å²) in [6.07, 6.45) is 4.28. The first-order chi connectivity index (χ1) is 9.26. The van der Waals surface area contributed by atoms with E-state index in [0.717, 1.165) is 43.4 Å². The van der Waals surface area contributed by atoms with E-state index < -0.39 is 0 Å². The summed E-state index contributed by atoms with van der Waals surface area (Å²) in [6.45, 7) is 2.16. The van der Waals surface area contributed by atoms with Gasteiger partial charge >= 0.3 is 0 Å². The van der Waals surface area contributed by atoms with Gasteiger partial charge in [-0.1, -0.05) is 28.1 Å². The normalized spacial score (nSPS) is 23.0. The largest absolute Gasteiger partial charge is 0.374 e. The smallest absolute Gasteiger partial charge is 0.168 e. The molecule has 1 saturated heterocycles. The first-order valence-electron chi connectivity index (χ1n) is 6.90. The Hall–Kier alpha value is -0.420. The molecule has 0 amide bonds. The van der Waals surface area contributed by atoms with Gasteiger partial charge in [0, 0.05) is 17.3 Å². The number of hydrogen-bond acceptors (Lipinski definition) is 3. The second-order valence-corrected chi connectivity index (χ2v) is 6.16. The first-order valence-corrected chi connectivity index (χ1v) is 7.69. The van der Waals surface area contributed by atoms with Crippen molar-refractivity contribution in [2.24, 2.45) is 0 Å². The minimum Gasteiger partial charge on any atom is -0.374 e. The van der Waals surface area contributed by atoms with Crippen molar-refractivity contribution in [3.63, 3.8) is 0 Å². The average molecular weight is 327 g/mol. The Morgan fingerprint density at radius 3 is 2.63 bits per heavy atom. The summed E-state index contributed by atoms with van der Waals surface area (Å²) in [5.74, 6) is -0.282.